The molecule has 1 aromatic heterocycles. The molecule has 0 saturated heterocycles. The van der Waals surface area contributed by atoms with Gasteiger partial charge in [-0.25, -0.2) is 9.78 Å². The Balaban J connectivity index is 1.52. The highest BCUT2D eigenvalue weighted by Gasteiger charge is 2.12. The van der Waals surface area contributed by atoms with Crippen LogP contribution in [0.15, 0.2) is 64.5 Å². The van der Waals surface area contributed by atoms with Crippen molar-refractivity contribution in [1.29, 1.82) is 0 Å². The van der Waals surface area contributed by atoms with Gasteiger partial charge < -0.3 is 10.1 Å². The lowest BCUT2D eigenvalue weighted by Crippen LogP contribution is -2.06. The second kappa shape index (κ2) is 8.08. The van der Waals surface area contributed by atoms with E-state index in [-0.39, 0.29) is 6.61 Å². The van der Waals surface area contributed by atoms with E-state index in [1.807, 2.05) is 54.6 Å². The first-order valence-corrected chi connectivity index (χ1v) is 9.03. The van der Waals surface area contributed by atoms with Crippen LogP contribution in [0.1, 0.15) is 21.6 Å². The lowest BCUT2D eigenvalue weighted by Gasteiger charge is -2.03. The first-order chi connectivity index (χ1) is 11.7. The summed E-state index contributed by atoms with van der Waals surface area (Å²) in [7, 11) is 0. The normalized spacial score (nSPS) is 10.4. The van der Waals surface area contributed by atoms with E-state index in [1.54, 1.807) is 5.38 Å². The second-order valence-corrected chi connectivity index (χ2v) is 6.85. The fourth-order valence-corrected chi connectivity index (χ4v) is 2.97. The summed E-state index contributed by atoms with van der Waals surface area (Å²) < 4.78 is 6.28. The van der Waals surface area contributed by atoms with Crippen LogP contribution in [0.25, 0.3) is 0 Å². The zero-order chi connectivity index (χ0) is 16.8. The molecule has 6 heteroatoms. The minimum atomic E-state index is -0.415. The van der Waals surface area contributed by atoms with Crippen LogP contribution in [0.3, 0.4) is 0 Å². The molecule has 0 aliphatic rings. The van der Waals surface area contributed by atoms with Crippen molar-refractivity contribution in [3.05, 3.63) is 81.3 Å². The van der Waals surface area contributed by atoms with E-state index < -0.39 is 5.97 Å². The third-order valence-electron chi connectivity index (χ3n) is 3.28. The fraction of sp³-hybridized carbons (Fsp3) is 0.111. The predicted octanol–water partition coefficient (Wildman–Crippen LogP) is 4.87. The largest absolute Gasteiger partial charge is 0.456 e. The molecule has 24 heavy (non-hydrogen) atoms. The summed E-state index contributed by atoms with van der Waals surface area (Å²) in [6.45, 7) is 0.901. The van der Waals surface area contributed by atoms with Crippen LogP contribution in [-0.4, -0.2) is 11.0 Å². The smallest absolute Gasteiger partial charge is 0.358 e. The summed E-state index contributed by atoms with van der Waals surface area (Å²) in [5, 5.41) is 5.62. The summed E-state index contributed by atoms with van der Waals surface area (Å²) in [5.41, 5.74) is 2.42. The number of anilines is 1. The summed E-state index contributed by atoms with van der Waals surface area (Å²) in [6, 6.07) is 17.7. The van der Waals surface area contributed by atoms with Gasteiger partial charge in [0, 0.05) is 16.4 Å². The van der Waals surface area contributed by atoms with Crippen LogP contribution in [0.5, 0.6) is 0 Å². The average Bonchev–Trinajstić information content (AvgIpc) is 3.09. The van der Waals surface area contributed by atoms with Crippen molar-refractivity contribution in [3.63, 3.8) is 0 Å². The molecule has 4 nitrogen and oxygen atoms in total. The Labute approximate surface area is 152 Å². The highest BCUT2D eigenvalue weighted by atomic mass is 79.9. The molecular weight excluding hydrogens is 388 g/mol. The standard InChI is InChI=1S/C18H15BrN2O2S/c19-15-8-6-14(7-9-15)11-23-17(22)16-12-24-18(21-16)20-10-13-4-2-1-3-5-13/h1-9,12H,10-11H2,(H,20,21). The minimum absolute atomic E-state index is 0.233. The van der Waals surface area contributed by atoms with Crippen LogP contribution in [0.4, 0.5) is 5.13 Å². The topological polar surface area (TPSA) is 51.2 Å². The Kier molecular flexibility index (Phi) is 5.61. The van der Waals surface area contributed by atoms with E-state index in [0.29, 0.717) is 17.4 Å². The molecule has 0 fully saturated rings. The number of rotatable bonds is 6. The molecule has 0 radical (unpaired) electrons. The molecule has 1 heterocycles. The lowest BCUT2D eigenvalue weighted by molar-refractivity contribution is 0.0467. The Morgan fingerprint density at radius 1 is 1.08 bits per heavy atom. The van der Waals surface area contributed by atoms with E-state index in [9.17, 15) is 4.79 Å². The van der Waals surface area contributed by atoms with E-state index in [0.717, 1.165) is 15.6 Å². The zero-order valence-corrected chi connectivity index (χ0v) is 15.1. The number of ether oxygens (including phenoxy) is 1. The van der Waals surface area contributed by atoms with Crippen molar-refractivity contribution in [1.82, 2.24) is 4.98 Å². The molecule has 0 spiro atoms. The third kappa shape index (κ3) is 4.66. The molecule has 0 bridgehead atoms. The molecule has 3 aromatic rings. The summed E-state index contributed by atoms with van der Waals surface area (Å²) >= 11 is 4.76. The molecule has 122 valence electrons. The highest BCUT2D eigenvalue weighted by molar-refractivity contribution is 9.10. The first-order valence-electron chi connectivity index (χ1n) is 7.35. The van der Waals surface area contributed by atoms with Gasteiger partial charge in [0.1, 0.15) is 6.61 Å². The maximum Gasteiger partial charge on any atom is 0.358 e. The number of esters is 1. The average molecular weight is 403 g/mol. The van der Waals surface area contributed by atoms with Crippen LogP contribution >= 0.6 is 27.3 Å². The Morgan fingerprint density at radius 2 is 1.83 bits per heavy atom. The summed E-state index contributed by atoms with van der Waals surface area (Å²) in [6.07, 6.45) is 0. The molecule has 0 atom stereocenters. The Hall–Kier alpha value is -2.18. The van der Waals surface area contributed by atoms with Crippen molar-refractivity contribution in [2.75, 3.05) is 5.32 Å². The number of hydrogen-bond donors (Lipinski definition) is 1. The number of thiazole rings is 1. The van der Waals surface area contributed by atoms with Crippen LogP contribution < -0.4 is 5.32 Å². The number of nitrogens with one attached hydrogen (secondary N) is 1. The van der Waals surface area contributed by atoms with E-state index in [2.05, 4.69) is 26.2 Å². The highest BCUT2D eigenvalue weighted by Crippen LogP contribution is 2.18. The number of carbonyl (C=O) groups excluding carboxylic acids is 1. The number of carbonyl (C=O) groups is 1. The third-order valence-corrected chi connectivity index (χ3v) is 4.61. The van der Waals surface area contributed by atoms with Crippen molar-refractivity contribution in [2.24, 2.45) is 0 Å². The quantitative estimate of drug-likeness (QED) is 0.597. The van der Waals surface area contributed by atoms with Gasteiger partial charge in [0.25, 0.3) is 0 Å². The monoisotopic (exact) mass is 402 g/mol. The number of aromatic nitrogens is 1. The van der Waals surface area contributed by atoms with E-state index >= 15 is 0 Å². The molecule has 1 N–H and O–H groups in total. The van der Waals surface area contributed by atoms with Gasteiger partial charge >= 0.3 is 5.97 Å². The van der Waals surface area contributed by atoms with Crippen LogP contribution in [0.2, 0.25) is 0 Å². The lowest BCUT2D eigenvalue weighted by atomic mass is 10.2. The van der Waals surface area contributed by atoms with Gasteiger partial charge in [0.05, 0.1) is 0 Å². The van der Waals surface area contributed by atoms with Gasteiger partial charge in [0.15, 0.2) is 10.8 Å². The molecule has 0 aliphatic heterocycles. The number of nitrogens with zero attached hydrogens (tertiary/aromatic N) is 1. The molecule has 2 aromatic carbocycles. The van der Waals surface area contributed by atoms with E-state index in [4.69, 9.17) is 4.74 Å². The maximum atomic E-state index is 12.1. The zero-order valence-electron chi connectivity index (χ0n) is 12.7. The van der Waals surface area contributed by atoms with Crippen molar-refractivity contribution in [3.8, 4) is 0 Å². The van der Waals surface area contributed by atoms with Gasteiger partial charge in [-0.2, -0.15) is 0 Å². The first kappa shape index (κ1) is 16.7. The maximum absolute atomic E-state index is 12.1. The molecule has 3 rings (SSSR count). The molecular formula is C18H15BrN2O2S. The Bertz CT molecular complexity index is 803. The van der Waals surface area contributed by atoms with Gasteiger partial charge in [-0.3, -0.25) is 0 Å². The van der Waals surface area contributed by atoms with Gasteiger partial charge in [-0.05, 0) is 23.3 Å². The van der Waals surface area contributed by atoms with Crippen molar-refractivity contribution in [2.45, 2.75) is 13.2 Å². The SMILES string of the molecule is O=C(OCc1ccc(Br)cc1)c1csc(NCc2ccccc2)n1. The Morgan fingerprint density at radius 3 is 2.58 bits per heavy atom. The predicted molar refractivity (Wildman–Crippen MR) is 99.1 cm³/mol. The van der Waals surface area contributed by atoms with Crippen LogP contribution in [-0.2, 0) is 17.9 Å². The number of hydrogen-bond acceptors (Lipinski definition) is 5. The molecule has 0 saturated carbocycles. The van der Waals surface area contributed by atoms with Crippen LogP contribution in [0, 0.1) is 0 Å². The van der Waals surface area contributed by atoms with Gasteiger partial charge in [0.2, 0.25) is 0 Å². The minimum Gasteiger partial charge on any atom is -0.456 e. The van der Waals surface area contributed by atoms with Crippen molar-refractivity contribution < 1.29 is 9.53 Å². The number of halogens is 1. The summed E-state index contributed by atoms with van der Waals surface area (Å²) in [4.78, 5) is 16.3. The van der Waals surface area contributed by atoms with Crippen molar-refractivity contribution >= 4 is 38.4 Å². The summed E-state index contributed by atoms with van der Waals surface area (Å²) in [5.74, 6) is -0.415. The van der Waals surface area contributed by atoms with Gasteiger partial charge in [-0.1, -0.05) is 58.4 Å². The number of benzene rings is 2. The molecule has 0 unspecified atom stereocenters. The molecule has 0 amide bonds. The fourth-order valence-electron chi connectivity index (χ4n) is 2.03. The van der Waals surface area contributed by atoms with E-state index in [1.165, 1.54) is 11.3 Å². The van der Waals surface area contributed by atoms with Gasteiger partial charge in [-0.15, -0.1) is 11.3 Å². The molecule has 0 aliphatic carbocycles. The second-order valence-electron chi connectivity index (χ2n) is 5.08.